The molecule has 0 atom stereocenters. The number of fused-ring (bicyclic) bond motifs is 1. The summed E-state index contributed by atoms with van der Waals surface area (Å²) in [6.07, 6.45) is 0. The molecule has 3 aromatic rings. The average molecular weight is 389 g/mol. The van der Waals surface area contributed by atoms with E-state index in [4.69, 9.17) is 9.47 Å². The topological polar surface area (TPSA) is 63.4 Å². The van der Waals surface area contributed by atoms with Crippen LogP contribution in [-0.2, 0) is 11.3 Å². The Bertz CT molecular complexity index is 860. The van der Waals surface area contributed by atoms with Crippen LogP contribution in [0.25, 0.3) is 10.9 Å². The predicted molar refractivity (Wildman–Crippen MR) is 96.3 cm³/mol. The standard InChI is InChI=1S/C18H17BrN2O3/c1-23-16-4-2-3-5-17(16)24-11-18(22)20-10-14-9-12-8-13(19)6-7-15(12)21-14/h2-9,21H,10-11H2,1H3,(H,20,22). The molecule has 0 saturated carbocycles. The summed E-state index contributed by atoms with van der Waals surface area (Å²) in [6.45, 7) is 0.354. The van der Waals surface area contributed by atoms with Crippen molar-refractivity contribution >= 4 is 32.7 Å². The normalized spacial score (nSPS) is 10.6. The number of aromatic amines is 1. The summed E-state index contributed by atoms with van der Waals surface area (Å²) in [5.41, 5.74) is 1.97. The van der Waals surface area contributed by atoms with Gasteiger partial charge in [0.1, 0.15) is 0 Å². The van der Waals surface area contributed by atoms with Gasteiger partial charge in [0.25, 0.3) is 5.91 Å². The first-order valence-electron chi connectivity index (χ1n) is 7.45. The zero-order valence-corrected chi connectivity index (χ0v) is 14.7. The molecule has 0 unspecified atom stereocenters. The summed E-state index contributed by atoms with van der Waals surface area (Å²) in [7, 11) is 1.57. The van der Waals surface area contributed by atoms with Crippen molar-refractivity contribution in [3.8, 4) is 11.5 Å². The van der Waals surface area contributed by atoms with E-state index in [0.29, 0.717) is 18.0 Å². The van der Waals surface area contributed by atoms with Gasteiger partial charge in [0.05, 0.1) is 13.7 Å². The number of hydrogen-bond acceptors (Lipinski definition) is 3. The molecule has 0 saturated heterocycles. The number of halogens is 1. The van der Waals surface area contributed by atoms with E-state index in [-0.39, 0.29) is 12.5 Å². The highest BCUT2D eigenvalue weighted by Crippen LogP contribution is 2.25. The van der Waals surface area contributed by atoms with Crippen molar-refractivity contribution in [2.45, 2.75) is 6.54 Å². The lowest BCUT2D eigenvalue weighted by Crippen LogP contribution is -2.28. The molecule has 0 spiro atoms. The molecule has 1 heterocycles. The molecular formula is C18H17BrN2O3. The number of ether oxygens (including phenoxy) is 2. The van der Waals surface area contributed by atoms with Gasteiger partial charge in [-0.2, -0.15) is 0 Å². The highest BCUT2D eigenvalue weighted by atomic mass is 79.9. The maximum atomic E-state index is 12.0. The van der Waals surface area contributed by atoms with Crippen LogP contribution in [0.2, 0.25) is 0 Å². The Hall–Kier alpha value is -2.47. The number of amides is 1. The van der Waals surface area contributed by atoms with Crippen molar-refractivity contribution in [3.05, 3.63) is 58.7 Å². The zero-order valence-electron chi connectivity index (χ0n) is 13.1. The summed E-state index contributed by atoms with van der Waals surface area (Å²) in [4.78, 5) is 15.2. The van der Waals surface area contributed by atoms with Crippen LogP contribution in [0, 0.1) is 0 Å². The van der Waals surface area contributed by atoms with Crippen LogP contribution in [0.15, 0.2) is 53.0 Å². The van der Waals surface area contributed by atoms with E-state index in [0.717, 1.165) is 21.1 Å². The highest BCUT2D eigenvalue weighted by molar-refractivity contribution is 9.10. The van der Waals surface area contributed by atoms with Gasteiger partial charge < -0.3 is 19.8 Å². The zero-order chi connectivity index (χ0) is 16.9. The first-order valence-corrected chi connectivity index (χ1v) is 8.24. The van der Waals surface area contributed by atoms with E-state index in [1.54, 1.807) is 19.2 Å². The molecule has 5 nitrogen and oxygen atoms in total. The molecule has 1 aromatic heterocycles. The molecule has 2 aromatic carbocycles. The number of benzene rings is 2. The molecule has 0 aliphatic heterocycles. The minimum absolute atomic E-state index is 0.0633. The van der Waals surface area contributed by atoms with E-state index in [2.05, 4.69) is 26.2 Å². The minimum atomic E-state index is -0.194. The van der Waals surface area contributed by atoms with Gasteiger partial charge in [-0.25, -0.2) is 0 Å². The maximum Gasteiger partial charge on any atom is 0.258 e. The van der Waals surface area contributed by atoms with Crippen LogP contribution in [0.1, 0.15) is 5.69 Å². The predicted octanol–water partition coefficient (Wildman–Crippen LogP) is 3.63. The van der Waals surface area contributed by atoms with E-state index < -0.39 is 0 Å². The van der Waals surface area contributed by atoms with Gasteiger partial charge in [-0.15, -0.1) is 0 Å². The average Bonchev–Trinajstić information content (AvgIpc) is 3.00. The number of rotatable bonds is 6. The monoisotopic (exact) mass is 388 g/mol. The van der Waals surface area contributed by atoms with E-state index in [1.807, 2.05) is 36.4 Å². The Balaban J connectivity index is 1.55. The molecule has 2 N–H and O–H groups in total. The number of H-pyrrole nitrogens is 1. The summed E-state index contributed by atoms with van der Waals surface area (Å²) in [5, 5.41) is 3.93. The summed E-state index contributed by atoms with van der Waals surface area (Å²) < 4.78 is 11.7. The Morgan fingerprint density at radius 3 is 2.75 bits per heavy atom. The fourth-order valence-corrected chi connectivity index (χ4v) is 2.76. The number of hydrogen-bond donors (Lipinski definition) is 2. The van der Waals surface area contributed by atoms with Gasteiger partial charge in [0.2, 0.25) is 0 Å². The van der Waals surface area contributed by atoms with Crippen molar-refractivity contribution in [2.24, 2.45) is 0 Å². The molecular weight excluding hydrogens is 372 g/mol. The number of nitrogens with one attached hydrogen (secondary N) is 2. The van der Waals surface area contributed by atoms with Gasteiger partial charge in [0.15, 0.2) is 18.1 Å². The lowest BCUT2D eigenvalue weighted by atomic mass is 10.2. The number of aromatic nitrogens is 1. The summed E-state index contributed by atoms with van der Waals surface area (Å²) in [6, 6.07) is 15.2. The molecule has 0 bridgehead atoms. The number of para-hydroxylation sites is 2. The Kier molecular flexibility index (Phi) is 5.05. The van der Waals surface area contributed by atoms with Crippen molar-refractivity contribution in [2.75, 3.05) is 13.7 Å². The van der Waals surface area contributed by atoms with Crippen molar-refractivity contribution in [1.82, 2.24) is 10.3 Å². The highest BCUT2D eigenvalue weighted by Gasteiger charge is 2.08. The molecule has 1 amide bonds. The molecule has 0 aliphatic carbocycles. The van der Waals surface area contributed by atoms with E-state index >= 15 is 0 Å². The van der Waals surface area contributed by atoms with Crippen LogP contribution < -0.4 is 14.8 Å². The fraction of sp³-hybridized carbons (Fsp3) is 0.167. The van der Waals surface area contributed by atoms with Crippen LogP contribution in [-0.4, -0.2) is 24.6 Å². The van der Waals surface area contributed by atoms with Gasteiger partial charge in [-0.1, -0.05) is 28.1 Å². The third-order valence-electron chi connectivity index (χ3n) is 3.54. The first kappa shape index (κ1) is 16.4. The molecule has 6 heteroatoms. The van der Waals surface area contributed by atoms with Crippen molar-refractivity contribution in [3.63, 3.8) is 0 Å². The second-order valence-corrected chi connectivity index (χ2v) is 6.16. The maximum absolute atomic E-state index is 12.0. The van der Waals surface area contributed by atoms with Crippen LogP contribution in [0.5, 0.6) is 11.5 Å². The van der Waals surface area contributed by atoms with Gasteiger partial charge in [0, 0.05) is 21.1 Å². The van der Waals surface area contributed by atoms with Gasteiger partial charge in [-0.3, -0.25) is 4.79 Å². The second-order valence-electron chi connectivity index (χ2n) is 5.24. The third kappa shape index (κ3) is 3.89. The largest absolute Gasteiger partial charge is 0.493 e. The van der Waals surface area contributed by atoms with Crippen LogP contribution in [0.4, 0.5) is 0 Å². The Morgan fingerprint density at radius 2 is 1.96 bits per heavy atom. The SMILES string of the molecule is COc1ccccc1OCC(=O)NCc1cc2cc(Br)ccc2[nH]1. The van der Waals surface area contributed by atoms with E-state index in [9.17, 15) is 4.79 Å². The lowest BCUT2D eigenvalue weighted by Gasteiger charge is -2.10. The first-order chi connectivity index (χ1) is 11.7. The third-order valence-corrected chi connectivity index (χ3v) is 4.04. The van der Waals surface area contributed by atoms with Crippen LogP contribution >= 0.6 is 15.9 Å². The fourth-order valence-electron chi connectivity index (χ4n) is 2.39. The van der Waals surface area contributed by atoms with Crippen molar-refractivity contribution < 1.29 is 14.3 Å². The molecule has 0 aliphatic rings. The van der Waals surface area contributed by atoms with Crippen LogP contribution in [0.3, 0.4) is 0 Å². The Labute approximate surface area is 148 Å². The summed E-state index contributed by atoms with van der Waals surface area (Å²) in [5.74, 6) is 0.956. The quantitative estimate of drug-likeness (QED) is 0.677. The molecule has 124 valence electrons. The van der Waals surface area contributed by atoms with Crippen molar-refractivity contribution in [1.29, 1.82) is 0 Å². The molecule has 0 radical (unpaired) electrons. The molecule has 3 rings (SSSR count). The number of carbonyl (C=O) groups excluding carboxylic acids is 1. The van der Waals surface area contributed by atoms with Gasteiger partial charge >= 0.3 is 0 Å². The van der Waals surface area contributed by atoms with Gasteiger partial charge in [-0.05, 0) is 36.4 Å². The van der Waals surface area contributed by atoms with E-state index in [1.165, 1.54) is 0 Å². The second kappa shape index (κ2) is 7.40. The Morgan fingerprint density at radius 1 is 1.17 bits per heavy atom. The number of carbonyl (C=O) groups is 1. The lowest BCUT2D eigenvalue weighted by molar-refractivity contribution is -0.123. The number of methoxy groups -OCH3 is 1. The molecule has 0 fully saturated rings. The minimum Gasteiger partial charge on any atom is -0.493 e. The smallest absolute Gasteiger partial charge is 0.258 e. The summed E-state index contributed by atoms with van der Waals surface area (Å²) >= 11 is 3.45. The molecule has 24 heavy (non-hydrogen) atoms.